The number of aryl methyl sites for hydroxylation is 2. The van der Waals surface area contributed by atoms with Gasteiger partial charge < -0.3 is 5.11 Å². The lowest BCUT2D eigenvalue weighted by Gasteiger charge is -2.05. The van der Waals surface area contributed by atoms with Crippen LogP contribution in [0.5, 0.6) is 5.75 Å². The fraction of sp³-hybridized carbons (Fsp3) is 0.200. The molecule has 2 aromatic rings. The van der Waals surface area contributed by atoms with Gasteiger partial charge in [0.1, 0.15) is 5.75 Å². The first-order valence-electron chi connectivity index (χ1n) is 5.63. The molecule has 2 heteroatoms. The molecule has 0 heterocycles. The fourth-order valence-electron chi connectivity index (χ4n) is 1.60. The summed E-state index contributed by atoms with van der Waals surface area (Å²) in [5.74, 6) is 1.28. The minimum atomic E-state index is 0.320. The molecule has 0 aliphatic rings. The summed E-state index contributed by atoms with van der Waals surface area (Å²) in [4.78, 5) is 1.18. The van der Waals surface area contributed by atoms with Crippen LogP contribution in [-0.4, -0.2) is 5.11 Å². The Bertz CT molecular complexity index is 503. The molecule has 88 valence electrons. The zero-order chi connectivity index (χ0) is 12.3. The first-order chi connectivity index (χ1) is 8.15. The number of phenolic OH excluding ortho intramolecular Hbond substituents is 1. The lowest BCUT2D eigenvalue weighted by atomic mass is 10.1. The van der Waals surface area contributed by atoms with Crippen LogP contribution in [0.3, 0.4) is 0 Å². The lowest BCUT2D eigenvalue weighted by Crippen LogP contribution is -1.85. The Hall–Kier alpha value is -1.41. The van der Waals surface area contributed by atoms with E-state index < -0.39 is 0 Å². The zero-order valence-electron chi connectivity index (χ0n) is 10.1. The van der Waals surface area contributed by atoms with Crippen molar-refractivity contribution < 1.29 is 5.11 Å². The van der Waals surface area contributed by atoms with Crippen molar-refractivity contribution >= 4 is 11.8 Å². The summed E-state index contributed by atoms with van der Waals surface area (Å²) in [5, 5.41) is 9.20. The second-order valence-corrected chi connectivity index (χ2v) is 5.25. The first-order valence-corrected chi connectivity index (χ1v) is 6.61. The average molecular weight is 244 g/mol. The average Bonchev–Trinajstić information content (AvgIpc) is 2.33. The van der Waals surface area contributed by atoms with Gasteiger partial charge in [0.25, 0.3) is 0 Å². The molecule has 0 radical (unpaired) electrons. The maximum atomic E-state index is 9.20. The van der Waals surface area contributed by atoms with Crippen LogP contribution in [0, 0.1) is 13.8 Å². The van der Waals surface area contributed by atoms with Crippen molar-refractivity contribution in [2.45, 2.75) is 24.5 Å². The van der Waals surface area contributed by atoms with Crippen LogP contribution in [-0.2, 0) is 5.75 Å². The highest BCUT2D eigenvalue weighted by Crippen LogP contribution is 2.25. The third-order valence-electron chi connectivity index (χ3n) is 2.81. The summed E-state index contributed by atoms with van der Waals surface area (Å²) in [6, 6.07) is 13.9. The highest BCUT2D eigenvalue weighted by atomic mass is 32.2. The minimum absolute atomic E-state index is 0.320. The molecule has 0 unspecified atom stereocenters. The van der Waals surface area contributed by atoms with E-state index in [1.165, 1.54) is 21.6 Å². The van der Waals surface area contributed by atoms with Crippen molar-refractivity contribution in [3.05, 3.63) is 59.2 Å². The normalized spacial score (nSPS) is 10.5. The maximum absolute atomic E-state index is 9.20. The van der Waals surface area contributed by atoms with Gasteiger partial charge in [0.05, 0.1) is 0 Å². The van der Waals surface area contributed by atoms with Crippen LogP contribution in [0.15, 0.2) is 47.4 Å². The van der Waals surface area contributed by atoms with Gasteiger partial charge in [-0.05, 0) is 54.8 Å². The quantitative estimate of drug-likeness (QED) is 0.812. The van der Waals surface area contributed by atoms with Crippen LogP contribution in [0.1, 0.15) is 16.7 Å². The number of aromatic hydroxyl groups is 1. The number of thioether (sulfide) groups is 1. The Balaban J connectivity index is 2.02. The highest BCUT2D eigenvalue weighted by molar-refractivity contribution is 7.98. The molecule has 0 atom stereocenters. The predicted molar refractivity (Wildman–Crippen MR) is 73.6 cm³/mol. The monoisotopic (exact) mass is 244 g/mol. The van der Waals surface area contributed by atoms with Gasteiger partial charge in [0.2, 0.25) is 0 Å². The minimum Gasteiger partial charge on any atom is -0.508 e. The third kappa shape index (κ3) is 3.27. The molecule has 2 rings (SSSR count). The standard InChI is InChI=1S/C15H16OS/c1-11-3-4-13(9-12(11)2)10-17-15-7-5-14(16)6-8-15/h3-9,16H,10H2,1-2H3. The van der Waals surface area contributed by atoms with Gasteiger partial charge in [0, 0.05) is 10.6 Å². The number of hydrogen-bond acceptors (Lipinski definition) is 2. The molecule has 17 heavy (non-hydrogen) atoms. The van der Waals surface area contributed by atoms with Crippen molar-refractivity contribution in [3.63, 3.8) is 0 Å². The van der Waals surface area contributed by atoms with Crippen LogP contribution >= 0.6 is 11.8 Å². The fourth-order valence-corrected chi connectivity index (χ4v) is 2.44. The largest absolute Gasteiger partial charge is 0.508 e. The molecule has 0 saturated heterocycles. The van der Waals surface area contributed by atoms with E-state index in [2.05, 4.69) is 32.0 Å². The van der Waals surface area contributed by atoms with Crippen LogP contribution in [0.2, 0.25) is 0 Å². The van der Waals surface area contributed by atoms with E-state index >= 15 is 0 Å². The molecular formula is C15H16OS. The van der Waals surface area contributed by atoms with Gasteiger partial charge in [-0.15, -0.1) is 11.8 Å². The van der Waals surface area contributed by atoms with E-state index in [1.807, 2.05) is 12.1 Å². The summed E-state index contributed by atoms with van der Waals surface area (Å²) >= 11 is 1.79. The summed E-state index contributed by atoms with van der Waals surface area (Å²) in [7, 11) is 0. The molecule has 0 saturated carbocycles. The Morgan fingerprint density at radius 2 is 1.65 bits per heavy atom. The number of hydrogen-bond donors (Lipinski definition) is 1. The second-order valence-electron chi connectivity index (χ2n) is 4.20. The van der Waals surface area contributed by atoms with Gasteiger partial charge in [-0.25, -0.2) is 0 Å². The Morgan fingerprint density at radius 3 is 2.29 bits per heavy atom. The summed E-state index contributed by atoms with van der Waals surface area (Å²) in [6.07, 6.45) is 0. The predicted octanol–water partition coefficient (Wildman–Crippen LogP) is 4.30. The van der Waals surface area contributed by atoms with Crippen LogP contribution in [0.25, 0.3) is 0 Å². The van der Waals surface area contributed by atoms with E-state index in [9.17, 15) is 5.11 Å². The Labute approximate surface area is 107 Å². The van der Waals surface area contributed by atoms with Crippen molar-refractivity contribution in [3.8, 4) is 5.75 Å². The van der Waals surface area contributed by atoms with Gasteiger partial charge >= 0.3 is 0 Å². The molecule has 1 N–H and O–H groups in total. The van der Waals surface area contributed by atoms with E-state index in [1.54, 1.807) is 23.9 Å². The zero-order valence-corrected chi connectivity index (χ0v) is 10.9. The third-order valence-corrected chi connectivity index (χ3v) is 3.90. The Morgan fingerprint density at radius 1 is 0.941 bits per heavy atom. The Kier molecular flexibility index (Phi) is 3.75. The second kappa shape index (κ2) is 5.28. The topological polar surface area (TPSA) is 20.2 Å². The van der Waals surface area contributed by atoms with Crippen molar-refractivity contribution in [2.75, 3.05) is 0 Å². The van der Waals surface area contributed by atoms with E-state index in [0.29, 0.717) is 5.75 Å². The first kappa shape index (κ1) is 12.1. The summed E-state index contributed by atoms with van der Waals surface area (Å²) < 4.78 is 0. The smallest absolute Gasteiger partial charge is 0.115 e. The molecular weight excluding hydrogens is 228 g/mol. The number of rotatable bonds is 3. The van der Waals surface area contributed by atoms with Crippen LogP contribution < -0.4 is 0 Å². The molecule has 0 spiro atoms. The molecule has 0 aliphatic carbocycles. The lowest BCUT2D eigenvalue weighted by molar-refractivity contribution is 0.475. The van der Waals surface area contributed by atoms with Crippen molar-refractivity contribution in [1.29, 1.82) is 0 Å². The SMILES string of the molecule is Cc1ccc(CSc2ccc(O)cc2)cc1C. The van der Waals surface area contributed by atoms with Crippen molar-refractivity contribution in [1.82, 2.24) is 0 Å². The molecule has 0 aliphatic heterocycles. The summed E-state index contributed by atoms with van der Waals surface area (Å²) in [6.45, 7) is 4.27. The van der Waals surface area contributed by atoms with E-state index in [0.717, 1.165) is 5.75 Å². The van der Waals surface area contributed by atoms with E-state index in [-0.39, 0.29) is 0 Å². The summed E-state index contributed by atoms with van der Waals surface area (Å²) in [5.41, 5.74) is 4.02. The van der Waals surface area contributed by atoms with Gasteiger partial charge in [-0.1, -0.05) is 18.2 Å². The number of benzene rings is 2. The molecule has 0 fully saturated rings. The maximum Gasteiger partial charge on any atom is 0.115 e. The number of phenols is 1. The molecule has 2 aromatic carbocycles. The van der Waals surface area contributed by atoms with Gasteiger partial charge in [-0.2, -0.15) is 0 Å². The van der Waals surface area contributed by atoms with Gasteiger partial charge in [0.15, 0.2) is 0 Å². The molecule has 0 bridgehead atoms. The molecule has 0 amide bonds. The van der Waals surface area contributed by atoms with Crippen LogP contribution in [0.4, 0.5) is 0 Å². The molecule has 0 aromatic heterocycles. The molecule has 1 nitrogen and oxygen atoms in total. The van der Waals surface area contributed by atoms with E-state index in [4.69, 9.17) is 0 Å². The van der Waals surface area contributed by atoms with Gasteiger partial charge in [-0.3, -0.25) is 0 Å². The highest BCUT2D eigenvalue weighted by Gasteiger charge is 1.99. The van der Waals surface area contributed by atoms with Crippen molar-refractivity contribution in [2.24, 2.45) is 0 Å².